The first-order valence-corrected chi connectivity index (χ1v) is 7.52. The van der Waals surface area contributed by atoms with Gasteiger partial charge in [0.1, 0.15) is 12.4 Å². The Labute approximate surface area is 125 Å². The molecule has 2 aromatic rings. The van der Waals surface area contributed by atoms with E-state index in [1.165, 1.54) is 0 Å². The van der Waals surface area contributed by atoms with Gasteiger partial charge in [0.25, 0.3) is 0 Å². The van der Waals surface area contributed by atoms with Crippen LogP contribution in [0.2, 0.25) is 0 Å². The number of hydrogen-bond acceptors (Lipinski definition) is 3. The Kier molecular flexibility index (Phi) is 3.68. The molecule has 1 N–H and O–H groups in total. The Morgan fingerprint density at radius 3 is 2.95 bits per heavy atom. The minimum Gasteiger partial charge on any atom is -0.336 e. The molecule has 0 aliphatic carbocycles. The summed E-state index contributed by atoms with van der Waals surface area (Å²) in [5, 5.41) is 3.40. The van der Waals surface area contributed by atoms with E-state index in [-0.39, 0.29) is 11.9 Å². The Morgan fingerprint density at radius 1 is 1.38 bits per heavy atom. The Hall–Kier alpha value is -1.88. The van der Waals surface area contributed by atoms with Gasteiger partial charge in [-0.15, -0.1) is 0 Å². The highest BCUT2D eigenvalue weighted by atomic mass is 16.2. The number of carbonyl (C=O) groups is 1. The van der Waals surface area contributed by atoms with Crippen LogP contribution in [-0.4, -0.2) is 45.5 Å². The van der Waals surface area contributed by atoms with Crippen LogP contribution < -0.4 is 5.32 Å². The molecule has 0 saturated carbocycles. The summed E-state index contributed by atoms with van der Waals surface area (Å²) in [5.41, 5.74) is 1.98. The monoisotopic (exact) mass is 286 g/mol. The van der Waals surface area contributed by atoms with Gasteiger partial charge in [-0.1, -0.05) is 12.1 Å². The summed E-state index contributed by atoms with van der Waals surface area (Å²) >= 11 is 0. The fourth-order valence-corrected chi connectivity index (χ4v) is 3.03. The van der Waals surface area contributed by atoms with Gasteiger partial charge in [0.15, 0.2) is 0 Å². The van der Waals surface area contributed by atoms with Crippen LogP contribution in [0.1, 0.15) is 19.7 Å². The van der Waals surface area contributed by atoms with Crippen LogP contribution in [0.4, 0.5) is 0 Å². The molecule has 2 atom stereocenters. The van der Waals surface area contributed by atoms with Crippen molar-refractivity contribution in [2.75, 3.05) is 13.1 Å². The molecule has 1 fully saturated rings. The van der Waals surface area contributed by atoms with Crippen LogP contribution in [0, 0.1) is 6.92 Å². The van der Waals surface area contributed by atoms with E-state index in [0.29, 0.717) is 12.6 Å². The summed E-state index contributed by atoms with van der Waals surface area (Å²) in [6.07, 6.45) is 0. The first kappa shape index (κ1) is 14.1. The average molecular weight is 286 g/mol. The van der Waals surface area contributed by atoms with Crippen molar-refractivity contribution in [1.82, 2.24) is 19.8 Å². The van der Waals surface area contributed by atoms with Crippen LogP contribution in [0.3, 0.4) is 0 Å². The third kappa shape index (κ3) is 2.53. The first-order valence-electron chi connectivity index (χ1n) is 7.52. The number of imidazole rings is 1. The largest absolute Gasteiger partial charge is 0.336 e. The van der Waals surface area contributed by atoms with Gasteiger partial charge >= 0.3 is 0 Å². The van der Waals surface area contributed by atoms with Crippen molar-refractivity contribution in [3.05, 3.63) is 30.1 Å². The molecule has 1 aliphatic heterocycles. The molecule has 0 radical (unpaired) electrons. The van der Waals surface area contributed by atoms with Gasteiger partial charge in [0.2, 0.25) is 5.91 Å². The molecule has 112 valence electrons. The number of fused-ring (bicyclic) bond motifs is 1. The fraction of sp³-hybridized carbons (Fsp3) is 0.500. The van der Waals surface area contributed by atoms with Gasteiger partial charge in [-0.3, -0.25) is 4.79 Å². The van der Waals surface area contributed by atoms with Crippen LogP contribution in [-0.2, 0) is 11.3 Å². The molecule has 5 heteroatoms. The summed E-state index contributed by atoms with van der Waals surface area (Å²) in [7, 11) is 0. The van der Waals surface area contributed by atoms with Crippen molar-refractivity contribution < 1.29 is 4.79 Å². The lowest BCUT2D eigenvalue weighted by atomic mass is 10.1. The SMILES string of the molecule is Cc1nc2ccccc2n1CC(=O)N1CCNC(C)C1C. The second kappa shape index (κ2) is 5.48. The number of para-hydroxylation sites is 2. The van der Waals surface area contributed by atoms with E-state index < -0.39 is 0 Å². The van der Waals surface area contributed by atoms with Crippen LogP contribution in [0.15, 0.2) is 24.3 Å². The number of carbonyl (C=O) groups excluding carboxylic acids is 1. The third-order valence-electron chi connectivity index (χ3n) is 4.49. The topological polar surface area (TPSA) is 50.2 Å². The maximum atomic E-state index is 12.7. The quantitative estimate of drug-likeness (QED) is 0.911. The van der Waals surface area contributed by atoms with Crippen molar-refractivity contribution in [2.24, 2.45) is 0 Å². The van der Waals surface area contributed by atoms with Gasteiger partial charge in [-0.25, -0.2) is 4.98 Å². The lowest BCUT2D eigenvalue weighted by Gasteiger charge is -2.38. The van der Waals surface area contributed by atoms with E-state index in [2.05, 4.69) is 24.1 Å². The third-order valence-corrected chi connectivity index (χ3v) is 4.49. The number of aromatic nitrogens is 2. The molecule has 1 amide bonds. The number of piperazine rings is 1. The lowest BCUT2D eigenvalue weighted by molar-refractivity contribution is -0.135. The van der Waals surface area contributed by atoms with Crippen molar-refractivity contribution in [3.63, 3.8) is 0 Å². The molecular weight excluding hydrogens is 264 g/mol. The number of rotatable bonds is 2. The number of nitrogens with zero attached hydrogens (tertiary/aromatic N) is 3. The van der Waals surface area contributed by atoms with Crippen LogP contribution in [0.5, 0.6) is 0 Å². The molecule has 0 spiro atoms. The second-order valence-electron chi connectivity index (χ2n) is 5.80. The molecular formula is C16H22N4O. The maximum Gasteiger partial charge on any atom is 0.242 e. The van der Waals surface area contributed by atoms with Crippen molar-refractivity contribution in [3.8, 4) is 0 Å². The molecule has 3 rings (SSSR count). The zero-order chi connectivity index (χ0) is 15.0. The highest BCUT2D eigenvalue weighted by molar-refractivity contribution is 5.81. The highest BCUT2D eigenvalue weighted by Crippen LogP contribution is 2.17. The minimum absolute atomic E-state index is 0.169. The zero-order valence-corrected chi connectivity index (χ0v) is 12.8. The van der Waals surface area contributed by atoms with E-state index in [4.69, 9.17) is 0 Å². The molecule has 1 aromatic heterocycles. The fourth-order valence-electron chi connectivity index (χ4n) is 3.03. The van der Waals surface area contributed by atoms with E-state index in [9.17, 15) is 4.79 Å². The van der Waals surface area contributed by atoms with E-state index in [0.717, 1.165) is 29.9 Å². The minimum atomic E-state index is 0.169. The number of benzene rings is 1. The lowest BCUT2D eigenvalue weighted by Crippen LogP contribution is -2.57. The maximum absolute atomic E-state index is 12.7. The molecule has 5 nitrogen and oxygen atoms in total. The van der Waals surface area contributed by atoms with Gasteiger partial charge in [0, 0.05) is 25.2 Å². The van der Waals surface area contributed by atoms with Gasteiger partial charge in [0.05, 0.1) is 11.0 Å². The van der Waals surface area contributed by atoms with Crippen molar-refractivity contribution in [2.45, 2.75) is 39.4 Å². The summed E-state index contributed by atoms with van der Waals surface area (Å²) < 4.78 is 2.01. The van der Waals surface area contributed by atoms with Crippen molar-refractivity contribution >= 4 is 16.9 Å². The summed E-state index contributed by atoms with van der Waals surface area (Å²) in [5.74, 6) is 1.06. The summed E-state index contributed by atoms with van der Waals surface area (Å²) in [6, 6.07) is 8.52. The first-order chi connectivity index (χ1) is 10.1. The zero-order valence-electron chi connectivity index (χ0n) is 12.8. The molecule has 1 saturated heterocycles. The molecule has 2 heterocycles. The number of aryl methyl sites for hydroxylation is 1. The van der Waals surface area contributed by atoms with Gasteiger partial charge < -0.3 is 14.8 Å². The average Bonchev–Trinajstić information content (AvgIpc) is 2.78. The number of hydrogen-bond donors (Lipinski definition) is 1. The number of nitrogens with one attached hydrogen (secondary N) is 1. The molecule has 21 heavy (non-hydrogen) atoms. The Balaban J connectivity index is 1.85. The van der Waals surface area contributed by atoms with Crippen molar-refractivity contribution in [1.29, 1.82) is 0 Å². The van der Waals surface area contributed by atoms with Gasteiger partial charge in [-0.05, 0) is 32.9 Å². The molecule has 2 unspecified atom stereocenters. The highest BCUT2D eigenvalue weighted by Gasteiger charge is 2.28. The smallest absolute Gasteiger partial charge is 0.242 e. The Morgan fingerprint density at radius 2 is 2.14 bits per heavy atom. The summed E-state index contributed by atoms with van der Waals surface area (Å²) in [6.45, 7) is 8.19. The molecule has 1 aliphatic rings. The van der Waals surface area contributed by atoms with E-state index >= 15 is 0 Å². The van der Waals surface area contributed by atoms with E-state index in [1.807, 2.05) is 40.7 Å². The normalized spacial score (nSPS) is 22.7. The second-order valence-corrected chi connectivity index (χ2v) is 5.80. The standard InChI is InChI=1S/C16H22N4O/c1-11-12(2)19(9-8-17-11)16(21)10-20-13(3)18-14-6-4-5-7-15(14)20/h4-7,11-12,17H,8-10H2,1-3H3. The summed E-state index contributed by atoms with van der Waals surface area (Å²) in [4.78, 5) is 19.2. The predicted molar refractivity (Wildman–Crippen MR) is 83.1 cm³/mol. The molecule has 1 aromatic carbocycles. The predicted octanol–water partition coefficient (Wildman–Crippen LogP) is 1.55. The van der Waals surface area contributed by atoms with Crippen LogP contribution >= 0.6 is 0 Å². The van der Waals surface area contributed by atoms with E-state index in [1.54, 1.807) is 0 Å². The van der Waals surface area contributed by atoms with Gasteiger partial charge in [-0.2, -0.15) is 0 Å². The number of amides is 1. The Bertz CT molecular complexity index is 663. The van der Waals surface area contributed by atoms with Crippen LogP contribution in [0.25, 0.3) is 11.0 Å². The molecule has 0 bridgehead atoms.